The predicted molar refractivity (Wildman–Crippen MR) is 77.1 cm³/mol. The normalized spacial score (nSPS) is 12.6. The van der Waals surface area contributed by atoms with Crippen molar-refractivity contribution in [2.75, 3.05) is 6.54 Å². The van der Waals surface area contributed by atoms with Gasteiger partial charge in [0.2, 0.25) is 0 Å². The summed E-state index contributed by atoms with van der Waals surface area (Å²) in [5, 5.41) is 3.57. The molecular formula is C15H22N4. The Morgan fingerprint density at radius 3 is 2.68 bits per heavy atom. The summed E-state index contributed by atoms with van der Waals surface area (Å²) in [5.41, 5.74) is 3.32. The Morgan fingerprint density at radius 1 is 1.32 bits per heavy atom. The minimum Gasteiger partial charge on any atom is -0.336 e. The number of aromatic nitrogens is 3. The fourth-order valence-corrected chi connectivity index (χ4v) is 2.29. The number of aryl methyl sites for hydroxylation is 3. The van der Waals surface area contributed by atoms with Crippen LogP contribution in [0.5, 0.6) is 0 Å². The zero-order chi connectivity index (χ0) is 13.8. The molecule has 0 bridgehead atoms. The number of rotatable bonds is 5. The molecule has 0 aromatic carbocycles. The van der Waals surface area contributed by atoms with E-state index in [0.717, 1.165) is 30.2 Å². The van der Waals surface area contributed by atoms with E-state index in [2.05, 4.69) is 45.8 Å². The lowest BCUT2D eigenvalue weighted by Crippen LogP contribution is -2.26. The van der Waals surface area contributed by atoms with Crippen molar-refractivity contribution in [2.45, 2.75) is 33.2 Å². The van der Waals surface area contributed by atoms with Gasteiger partial charge in [0.15, 0.2) is 0 Å². The summed E-state index contributed by atoms with van der Waals surface area (Å²) in [7, 11) is 2.03. The van der Waals surface area contributed by atoms with Crippen LogP contribution in [-0.4, -0.2) is 21.1 Å². The van der Waals surface area contributed by atoms with Crippen molar-refractivity contribution in [1.29, 1.82) is 0 Å². The molecule has 0 radical (unpaired) electrons. The van der Waals surface area contributed by atoms with Gasteiger partial charge in [-0.05, 0) is 38.4 Å². The van der Waals surface area contributed by atoms with Crippen LogP contribution in [0.25, 0.3) is 0 Å². The second-order valence-electron chi connectivity index (χ2n) is 4.91. The lowest BCUT2D eigenvalue weighted by molar-refractivity contribution is 0.551. The van der Waals surface area contributed by atoms with Gasteiger partial charge in [0.25, 0.3) is 0 Å². The molecule has 1 atom stereocenters. The fourth-order valence-electron chi connectivity index (χ4n) is 2.29. The van der Waals surface area contributed by atoms with Crippen molar-refractivity contribution in [1.82, 2.24) is 19.9 Å². The van der Waals surface area contributed by atoms with Gasteiger partial charge < -0.3 is 9.88 Å². The monoisotopic (exact) mass is 258 g/mol. The molecule has 0 spiro atoms. The van der Waals surface area contributed by atoms with Crippen LogP contribution in [0.3, 0.4) is 0 Å². The summed E-state index contributed by atoms with van der Waals surface area (Å²) in [6.07, 6.45) is 4.92. The van der Waals surface area contributed by atoms with E-state index >= 15 is 0 Å². The van der Waals surface area contributed by atoms with Crippen molar-refractivity contribution in [2.24, 2.45) is 7.05 Å². The Kier molecular flexibility index (Phi) is 4.32. The second-order valence-corrected chi connectivity index (χ2v) is 4.91. The zero-order valence-electron chi connectivity index (χ0n) is 12.1. The molecule has 1 N–H and O–H groups in total. The topological polar surface area (TPSA) is 42.7 Å². The van der Waals surface area contributed by atoms with Crippen LogP contribution in [0, 0.1) is 13.8 Å². The highest BCUT2D eigenvalue weighted by Crippen LogP contribution is 2.22. The highest BCUT2D eigenvalue weighted by atomic mass is 15.1. The average molecular weight is 258 g/mol. The molecule has 0 fully saturated rings. The van der Waals surface area contributed by atoms with Gasteiger partial charge in [0.05, 0.1) is 6.04 Å². The molecule has 102 valence electrons. The van der Waals surface area contributed by atoms with Gasteiger partial charge in [-0.15, -0.1) is 0 Å². The molecule has 1 unspecified atom stereocenters. The first-order chi connectivity index (χ1) is 9.13. The molecule has 0 saturated heterocycles. The van der Waals surface area contributed by atoms with Gasteiger partial charge >= 0.3 is 0 Å². The van der Waals surface area contributed by atoms with Crippen LogP contribution >= 0.6 is 0 Å². The molecule has 0 aliphatic heterocycles. The van der Waals surface area contributed by atoms with Gasteiger partial charge in [-0.1, -0.05) is 13.0 Å². The maximum Gasteiger partial charge on any atom is 0.130 e. The van der Waals surface area contributed by atoms with Gasteiger partial charge in [0.1, 0.15) is 5.82 Å². The molecule has 0 aliphatic carbocycles. The first-order valence-electron chi connectivity index (χ1n) is 6.78. The van der Waals surface area contributed by atoms with E-state index in [1.165, 1.54) is 5.56 Å². The average Bonchev–Trinajstić information content (AvgIpc) is 2.78. The van der Waals surface area contributed by atoms with Crippen molar-refractivity contribution in [3.63, 3.8) is 0 Å². The first kappa shape index (κ1) is 13.7. The molecule has 2 heterocycles. The minimum absolute atomic E-state index is 0.105. The number of pyridine rings is 1. The Balaban J connectivity index is 2.40. The number of nitrogens with one attached hydrogen (secondary N) is 1. The van der Waals surface area contributed by atoms with E-state index in [-0.39, 0.29) is 6.04 Å². The van der Waals surface area contributed by atoms with Crippen molar-refractivity contribution in [3.05, 3.63) is 47.3 Å². The van der Waals surface area contributed by atoms with E-state index < -0.39 is 0 Å². The molecule has 2 aromatic rings. The maximum absolute atomic E-state index is 4.57. The highest BCUT2D eigenvalue weighted by molar-refractivity contribution is 5.30. The summed E-state index contributed by atoms with van der Waals surface area (Å²) in [4.78, 5) is 9.05. The minimum atomic E-state index is 0.105. The highest BCUT2D eigenvalue weighted by Gasteiger charge is 2.19. The van der Waals surface area contributed by atoms with Crippen molar-refractivity contribution >= 4 is 0 Å². The third kappa shape index (κ3) is 3.01. The maximum atomic E-state index is 4.57. The lowest BCUT2D eigenvalue weighted by Gasteiger charge is -2.20. The molecule has 0 amide bonds. The van der Waals surface area contributed by atoms with Gasteiger partial charge in [-0.2, -0.15) is 0 Å². The summed E-state index contributed by atoms with van der Waals surface area (Å²) >= 11 is 0. The third-order valence-corrected chi connectivity index (χ3v) is 3.29. The van der Waals surface area contributed by atoms with E-state index in [1.807, 2.05) is 26.4 Å². The lowest BCUT2D eigenvalue weighted by atomic mass is 10.0. The molecule has 4 heteroatoms. The summed E-state index contributed by atoms with van der Waals surface area (Å²) < 4.78 is 2.06. The van der Waals surface area contributed by atoms with E-state index in [1.54, 1.807) is 0 Å². The molecule has 2 rings (SSSR count). The Bertz CT molecular complexity index is 545. The van der Waals surface area contributed by atoms with Crippen LogP contribution in [-0.2, 0) is 7.05 Å². The standard InChI is InChI=1S/C15H22N4/c1-5-8-16-14(15-17-9-10-19(15)4)13-7-6-11(2)18-12(13)3/h6-7,9-10,14,16H,5,8H2,1-4H3. The molecule has 4 nitrogen and oxygen atoms in total. The van der Waals surface area contributed by atoms with Crippen LogP contribution in [0.2, 0.25) is 0 Å². The first-order valence-corrected chi connectivity index (χ1v) is 6.78. The number of imidazole rings is 1. The van der Waals surface area contributed by atoms with Gasteiger partial charge in [0, 0.05) is 30.8 Å². The molecule has 0 saturated carbocycles. The number of hydrogen-bond donors (Lipinski definition) is 1. The zero-order valence-corrected chi connectivity index (χ0v) is 12.1. The van der Waals surface area contributed by atoms with E-state index in [0.29, 0.717) is 0 Å². The Labute approximate surface area is 114 Å². The van der Waals surface area contributed by atoms with Crippen LogP contribution < -0.4 is 5.32 Å². The third-order valence-electron chi connectivity index (χ3n) is 3.29. The van der Waals surface area contributed by atoms with Gasteiger partial charge in [-0.3, -0.25) is 4.98 Å². The molecule has 0 aliphatic rings. The Hall–Kier alpha value is -1.68. The van der Waals surface area contributed by atoms with E-state index in [9.17, 15) is 0 Å². The number of hydrogen-bond acceptors (Lipinski definition) is 3. The summed E-state index contributed by atoms with van der Waals surface area (Å²) in [6, 6.07) is 4.32. The fraction of sp³-hybridized carbons (Fsp3) is 0.467. The summed E-state index contributed by atoms with van der Waals surface area (Å²) in [5.74, 6) is 1.03. The summed E-state index contributed by atoms with van der Waals surface area (Å²) in [6.45, 7) is 7.21. The Morgan fingerprint density at radius 2 is 2.11 bits per heavy atom. The van der Waals surface area contributed by atoms with Crippen LogP contribution in [0.15, 0.2) is 24.5 Å². The van der Waals surface area contributed by atoms with E-state index in [4.69, 9.17) is 0 Å². The van der Waals surface area contributed by atoms with Crippen molar-refractivity contribution < 1.29 is 0 Å². The van der Waals surface area contributed by atoms with Gasteiger partial charge in [-0.25, -0.2) is 4.98 Å². The predicted octanol–water partition coefficient (Wildman–Crippen LogP) is 2.52. The van der Waals surface area contributed by atoms with Crippen molar-refractivity contribution in [3.8, 4) is 0 Å². The SMILES string of the molecule is CCCNC(c1ccc(C)nc1C)c1nccn1C. The number of nitrogens with zero attached hydrogens (tertiary/aromatic N) is 3. The smallest absolute Gasteiger partial charge is 0.130 e. The molecular weight excluding hydrogens is 236 g/mol. The van der Waals surface area contributed by atoms with Crippen LogP contribution in [0.1, 0.15) is 42.2 Å². The molecule has 2 aromatic heterocycles. The largest absolute Gasteiger partial charge is 0.336 e. The second kappa shape index (κ2) is 5.97. The molecule has 19 heavy (non-hydrogen) atoms. The van der Waals surface area contributed by atoms with Crippen LogP contribution in [0.4, 0.5) is 0 Å². The quantitative estimate of drug-likeness (QED) is 0.896.